The molecule has 2 N–H and O–H groups in total. The largest absolute Gasteiger partial charge is 0.398 e. The summed E-state index contributed by atoms with van der Waals surface area (Å²) in [4.78, 5) is 30.6. The van der Waals surface area contributed by atoms with Gasteiger partial charge in [0, 0.05) is 45.7 Å². The van der Waals surface area contributed by atoms with E-state index in [0.29, 0.717) is 34.3 Å². The van der Waals surface area contributed by atoms with Gasteiger partial charge < -0.3 is 10.6 Å². The van der Waals surface area contributed by atoms with E-state index >= 15 is 0 Å². The minimum absolute atomic E-state index is 0.0116. The lowest BCUT2D eigenvalue weighted by Crippen LogP contribution is -2.58. The number of nitrogens with zero attached hydrogens (tertiary/aromatic N) is 2. The number of carbonyl (C=O) groups excluding carboxylic acids is 2. The number of benzene rings is 2. The van der Waals surface area contributed by atoms with Crippen LogP contribution in [0.25, 0.3) is 10.8 Å². The monoisotopic (exact) mass is 349 g/mol. The van der Waals surface area contributed by atoms with E-state index in [2.05, 4.69) is 11.9 Å². The summed E-state index contributed by atoms with van der Waals surface area (Å²) in [5, 5.41) is 1.51. The lowest BCUT2D eigenvalue weighted by molar-refractivity contribution is 0.0108. The first-order valence-corrected chi connectivity index (χ1v) is 9.47. The van der Waals surface area contributed by atoms with Crippen molar-refractivity contribution in [1.82, 2.24) is 9.80 Å². The summed E-state index contributed by atoms with van der Waals surface area (Å²) < 4.78 is 0. The first kappa shape index (κ1) is 15.8. The van der Waals surface area contributed by atoms with E-state index in [-0.39, 0.29) is 17.9 Å². The van der Waals surface area contributed by atoms with Crippen molar-refractivity contribution in [2.75, 3.05) is 12.8 Å². The topological polar surface area (TPSA) is 66.6 Å². The van der Waals surface area contributed by atoms with Crippen molar-refractivity contribution in [2.24, 2.45) is 0 Å². The first-order chi connectivity index (χ1) is 12.6. The average molecular weight is 349 g/mol. The standard InChI is InChI=1S/C21H23N3O2/c1-23-12-4-2-5-13(23)11-14(10-12)24-20(25)16-7-3-6-15-18(22)9-8-17(19(15)16)21(24)26/h3,6-9,12-14H,2,4-5,10-11,22H2,1H3/t12-,13+,14-. The number of nitrogens with two attached hydrogens (primary N) is 1. The summed E-state index contributed by atoms with van der Waals surface area (Å²) in [6.45, 7) is 0. The minimum atomic E-state index is -0.161. The summed E-state index contributed by atoms with van der Waals surface area (Å²) in [5.41, 5.74) is 7.89. The lowest BCUT2D eigenvalue weighted by atomic mass is 9.80. The predicted octanol–water partition coefficient (Wildman–Crippen LogP) is 3.03. The quantitative estimate of drug-likeness (QED) is 0.635. The van der Waals surface area contributed by atoms with Crippen LogP contribution in [0.5, 0.6) is 0 Å². The van der Waals surface area contributed by atoms with Crippen molar-refractivity contribution < 1.29 is 9.59 Å². The minimum Gasteiger partial charge on any atom is -0.398 e. The van der Waals surface area contributed by atoms with Crippen molar-refractivity contribution in [1.29, 1.82) is 0 Å². The van der Waals surface area contributed by atoms with E-state index in [1.54, 1.807) is 17.0 Å². The van der Waals surface area contributed by atoms with Gasteiger partial charge in [0.05, 0.1) is 0 Å². The van der Waals surface area contributed by atoms with Crippen LogP contribution in [0.1, 0.15) is 52.8 Å². The molecule has 3 aliphatic heterocycles. The van der Waals surface area contributed by atoms with E-state index in [4.69, 9.17) is 5.73 Å². The Labute approximate surface area is 152 Å². The molecule has 3 atom stereocenters. The molecule has 5 rings (SSSR count). The van der Waals surface area contributed by atoms with E-state index in [0.717, 1.165) is 31.1 Å². The van der Waals surface area contributed by atoms with Gasteiger partial charge in [0.25, 0.3) is 11.8 Å². The Morgan fingerprint density at radius 1 is 0.923 bits per heavy atom. The van der Waals surface area contributed by atoms with Gasteiger partial charge in [-0.2, -0.15) is 0 Å². The van der Waals surface area contributed by atoms with E-state index in [1.165, 1.54) is 6.42 Å². The van der Waals surface area contributed by atoms with Gasteiger partial charge in [0.2, 0.25) is 0 Å². The number of hydrogen-bond acceptors (Lipinski definition) is 4. The Balaban J connectivity index is 1.59. The Morgan fingerprint density at radius 3 is 2.27 bits per heavy atom. The predicted molar refractivity (Wildman–Crippen MR) is 101 cm³/mol. The number of hydrogen-bond donors (Lipinski definition) is 1. The number of carbonyl (C=O) groups is 2. The molecular weight excluding hydrogens is 326 g/mol. The molecule has 2 aromatic carbocycles. The molecule has 2 aromatic rings. The second-order valence-corrected chi connectivity index (χ2v) is 7.94. The molecule has 3 aliphatic rings. The van der Waals surface area contributed by atoms with Crippen LogP contribution in [-0.2, 0) is 0 Å². The summed E-state index contributed by atoms with van der Waals surface area (Å²) >= 11 is 0. The van der Waals surface area contributed by atoms with E-state index in [9.17, 15) is 9.59 Å². The fraction of sp³-hybridized carbons (Fsp3) is 0.429. The molecule has 0 aliphatic carbocycles. The number of rotatable bonds is 1. The molecule has 0 radical (unpaired) electrons. The maximum atomic E-state index is 13.3. The van der Waals surface area contributed by atoms with Crippen LogP contribution in [0.15, 0.2) is 30.3 Å². The molecule has 5 nitrogen and oxygen atoms in total. The van der Waals surface area contributed by atoms with Crippen LogP contribution < -0.4 is 5.73 Å². The number of amides is 2. The summed E-state index contributed by atoms with van der Waals surface area (Å²) in [6.07, 6.45) is 5.32. The molecule has 2 saturated heterocycles. The smallest absolute Gasteiger partial charge is 0.261 e. The van der Waals surface area contributed by atoms with Gasteiger partial charge in [-0.3, -0.25) is 14.5 Å². The zero-order valence-electron chi connectivity index (χ0n) is 14.9. The van der Waals surface area contributed by atoms with Gasteiger partial charge in [-0.15, -0.1) is 0 Å². The zero-order chi connectivity index (χ0) is 18.0. The summed E-state index contributed by atoms with van der Waals surface area (Å²) in [6, 6.07) is 10.0. The Kier molecular flexibility index (Phi) is 3.38. The Hall–Kier alpha value is -2.40. The second kappa shape index (κ2) is 5.55. The number of anilines is 1. The third-order valence-corrected chi connectivity index (χ3v) is 6.65. The third-order valence-electron chi connectivity index (χ3n) is 6.65. The molecule has 2 fully saturated rings. The maximum absolute atomic E-state index is 13.3. The molecule has 0 aromatic heterocycles. The van der Waals surface area contributed by atoms with Crippen molar-refractivity contribution in [3.05, 3.63) is 41.5 Å². The highest BCUT2D eigenvalue weighted by molar-refractivity contribution is 6.26. The molecule has 2 amide bonds. The fourth-order valence-electron chi connectivity index (χ4n) is 5.27. The van der Waals surface area contributed by atoms with Gasteiger partial charge >= 0.3 is 0 Å². The molecule has 26 heavy (non-hydrogen) atoms. The van der Waals surface area contributed by atoms with Crippen LogP contribution in [0.4, 0.5) is 5.69 Å². The molecule has 5 heteroatoms. The first-order valence-electron chi connectivity index (χ1n) is 9.47. The lowest BCUT2D eigenvalue weighted by Gasteiger charge is -2.49. The normalized spacial score (nSPS) is 28.7. The molecule has 134 valence electrons. The SMILES string of the molecule is CN1[C@@H]2CCC[C@H]1C[C@H](N1C(=O)c3cccc4c(N)ccc(c34)C1=O)C2. The van der Waals surface area contributed by atoms with Crippen LogP contribution in [0, 0.1) is 0 Å². The number of piperidine rings is 2. The molecular formula is C21H23N3O2. The van der Waals surface area contributed by atoms with Crippen molar-refractivity contribution in [3.8, 4) is 0 Å². The zero-order valence-corrected chi connectivity index (χ0v) is 14.9. The van der Waals surface area contributed by atoms with Crippen LogP contribution in [0.3, 0.4) is 0 Å². The second-order valence-electron chi connectivity index (χ2n) is 7.94. The molecule has 2 bridgehead atoms. The van der Waals surface area contributed by atoms with E-state index < -0.39 is 0 Å². The van der Waals surface area contributed by atoms with Crippen molar-refractivity contribution >= 4 is 28.3 Å². The number of nitrogen functional groups attached to an aromatic ring is 1. The highest BCUT2D eigenvalue weighted by Gasteiger charge is 2.44. The Bertz CT molecular complexity index is 902. The van der Waals surface area contributed by atoms with Crippen LogP contribution >= 0.6 is 0 Å². The molecule has 3 heterocycles. The fourth-order valence-corrected chi connectivity index (χ4v) is 5.27. The average Bonchev–Trinajstić information content (AvgIpc) is 2.61. The highest BCUT2D eigenvalue weighted by Crippen LogP contribution is 2.39. The van der Waals surface area contributed by atoms with Crippen molar-refractivity contribution in [3.63, 3.8) is 0 Å². The molecule has 0 spiro atoms. The summed E-state index contributed by atoms with van der Waals surface area (Å²) in [7, 11) is 2.18. The number of imide groups is 1. The van der Waals surface area contributed by atoms with Gasteiger partial charge in [-0.05, 0) is 50.9 Å². The summed E-state index contributed by atoms with van der Waals surface area (Å²) in [5.74, 6) is -0.322. The van der Waals surface area contributed by atoms with Gasteiger partial charge in [-0.1, -0.05) is 18.6 Å². The Morgan fingerprint density at radius 2 is 1.58 bits per heavy atom. The van der Waals surface area contributed by atoms with Gasteiger partial charge in [0.1, 0.15) is 0 Å². The molecule has 0 saturated carbocycles. The highest BCUT2D eigenvalue weighted by atomic mass is 16.2. The van der Waals surface area contributed by atoms with Gasteiger partial charge in [0.15, 0.2) is 0 Å². The third kappa shape index (κ3) is 2.07. The van der Waals surface area contributed by atoms with Crippen LogP contribution in [0.2, 0.25) is 0 Å². The number of fused-ring (bicyclic) bond motifs is 2. The van der Waals surface area contributed by atoms with Crippen LogP contribution in [-0.4, -0.2) is 46.8 Å². The van der Waals surface area contributed by atoms with Crippen molar-refractivity contribution in [2.45, 2.75) is 50.2 Å². The van der Waals surface area contributed by atoms with E-state index in [1.807, 2.05) is 18.2 Å². The van der Waals surface area contributed by atoms with Gasteiger partial charge in [-0.25, -0.2) is 0 Å². The maximum Gasteiger partial charge on any atom is 0.261 e. The molecule has 0 unspecified atom stereocenters.